The predicted molar refractivity (Wildman–Crippen MR) is 96.4 cm³/mol. The lowest BCUT2D eigenvalue weighted by atomic mass is 10.1. The molecule has 0 aliphatic carbocycles. The number of rotatable bonds is 6. The molecule has 1 unspecified atom stereocenters. The van der Waals surface area contributed by atoms with Gasteiger partial charge < -0.3 is 15.2 Å². The summed E-state index contributed by atoms with van der Waals surface area (Å²) in [6, 6.07) is 5.67. The summed E-state index contributed by atoms with van der Waals surface area (Å²) in [4.78, 5) is 15.3. The van der Waals surface area contributed by atoms with Gasteiger partial charge in [0, 0.05) is 55.9 Å². The highest BCUT2D eigenvalue weighted by atomic mass is 16.5. The molecule has 0 bridgehead atoms. The SMILES string of the molecule is Cc1cc(NCC(C)(O)CN2CCOCC2)nc(-c2cccnc2)n1. The van der Waals surface area contributed by atoms with Crippen LogP contribution in [0.5, 0.6) is 0 Å². The Balaban J connectivity index is 1.65. The third-order valence-electron chi connectivity index (χ3n) is 4.09. The van der Waals surface area contributed by atoms with Crippen LogP contribution >= 0.6 is 0 Å². The molecular weight excluding hydrogens is 318 g/mol. The molecule has 1 fully saturated rings. The monoisotopic (exact) mass is 343 g/mol. The number of morpholine rings is 1. The van der Waals surface area contributed by atoms with E-state index in [0.29, 0.717) is 24.7 Å². The fraction of sp³-hybridized carbons (Fsp3) is 0.500. The topological polar surface area (TPSA) is 83.4 Å². The molecule has 2 N–H and O–H groups in total. The molecule has 1 aliphatic rings. The van der Waals surface area contributed by atoms with Gasteiger partial charge in [-0.1, -0.05) is 0 Å². The lowest BCUT2D eigenvalue weighted by Crippen LogP contribution is -2.49. The van der Waals surface area contributed by atoms with Gasteiger partial charge in [0.05, 0.1) is 18.8 Å². The van der Waals surface area contributed by atoms with E-state index in [2.05, 4.69) is 25.2 Å². The maximum atomic E-state index is 10.7. The van der Waals surface area contributed by atoms with Crippen LogP contribution in [-0.2, 0) is 4.74 Å². The average Bonchev–Trinajstić information content (AvgIpc) is 2.61. The van der Waals surface area contributed by atoms with Crippen LogP contribution in [0.25, 0.3) is 11.4 Å². The van der Waals surface area contributed by atoms with Gasteiger partial charge in [0.15, 0.2) is 5.82 Å². The van der Waals surface area contributed by atoms with E-state index in [4.69, 9.17) is 4.74 Å². The van der Waals surface area contributed by atoms with Crippen molar-refractivity contribution >= 4 is 5.82 Å². The molecule has 1 atom stereocenters. The van der Waals surface area contributed by atoms with Crippen LogP contribution in [0, 0.1) is 6.92 Å². The van der Waals surface area contributed by atoms with E-state index in [0.717, 1.165) is 37.6 Å². The molecule has 1 aliphatic heterocycles. The van der Waals surface area contributed by atoms with E-state index in [1.807, 2.05) is 32.0 Å². The van der Waals surface area contributed by atoms with Gasteiger partial charge >= 0.3 is 0 Å². The third kappa shape index (κ3) is 5.19. The molecule has 7 heteroatoms. The van der Waals surface area contributed by atoms with Crippen LogP contribution in [0.3, 0.4) is 0 Å². The zero-order valence-electron chi connectivity index (χ0n) is 14.8. The number of nitrogens with zero attached hydrogens (tertiary/aromatic N) is 4. The fourth-order valence-electron chi connectivity index (χ4n) is 2.86. The first-order valence-corrected chi connectivity index (χ1v) is 8.54. The maximum Gasteiger partial charge on any atom is 0.163 e. The molecule has 0 saturated carbocycles. The number of ether oxygens (including phenoxy) is 1. The minimum absolute atomic E-state index is 0.410. The molecule has 0 amide bonds. The molecule has 0 spiro atoms. The Bertz CT molecular complexity index is 687. The average molecular weight is 343 g/mol. The van der Waals surface area contributed by atoms with Crippen molar-refractivity contribution in [1.82, 2.24) is 19.9 Å². The molecule has 25 heavy (non-hydrogen) atoms. The molecule has 2 aromatic rings. The summed E-state index contributed by atoms with van der Waals surface area (Å²) >= 11 is 0. The van der Waals surface area contributed by atoms with Crippen LogP contribution in [0.15, 0.2) is 30.6 Å². The van der Waals surface area contributed by atoms with Crippen molar-refractivity contribution in [3.8, 4) is 11.4 Å². The van der Waals surface area contributed by atoms with Crippen LogP contribution in [0.4, 0.5) is 5.82 Å². The van der Waals surface area contributed by atoms with Gasteiger partial charge in [-0.3, -0.25) is 9.88 Å². The van der Waals surface area contributed by atoms with Gasteiger partial charge in [0.25, 0.3) is 0 Å². The second-order valence-corrected chi connectivity index (χ2v) is 6.70. The van der Waals surface area contributed by atoms with E-state index in [9.17, 15) is 5.11 Å². The number of nitrogens with one attached hydrogen (secondary N) is 1. The van der Waals surface area contributed by atoms with Gasteiger partial charge in [-0.15, -0.1) is 0 Å². The molecule has 0 aromatic carbocycles. The lowest BCUT2D eigenvalue weighted by molar-refractivity contribution is -0.0164. The number of hydrogen-bond acceptors (Lipinski definition) is 7. The second-order valence-electron chi connectivity index (χ2n) is 6.70. The Morgan fingerprint density at radius 3 is 2.84 bits per heavy atom. The maximum absolute atomic E-state index is 10.7. The molecule has 0 radical (unpaired) electrons. The zero-order chi connectivity index (χ0) is 17.7. The zero-order valence-corrected chi connectivity index (χ0v) is 14.8. The van der Waals surface area contributed by atoms with Crippen LogP contribution in [0.1, 0.15) is 12.6 Å². The van der Waals surface area contributed by atoms with Crippen LogP contribution in [-0.4, -0.2) is 70.0 Å². The van der Waals surface area contributed by atoms with Crippen molar-refractivity contribution in [2.75, 3.05) is 44.7 Å². The molecule has 7 nitrogen and oxygen atoms in total. The van der Waals surface area contributed by atoms with Gasteiger partial charge in [-0.25, -0.2) is 9.97 Å². The van der Waals surface area contributed by atoms with Crippen LogP contribution < -0.4 is 5.32 Å². The van der Waals surface area contributed by atoms with Crippen molar-refractivity contribution in [3.63, 3.8) is 0 Å². The number of aliphatic hydroxyl groups is 1. The molecule has 1 saturated heterocycles. The number of aromatic nitrogens is 3. The summed E-state index contributed by atoms with van der Waals surface area (Å²) in [5, 5.41) is 13.9. The Labute approximate surface area is 148 Å². The van der Waals surface area contributed by atoms with Gasteiger partial charge in [0.2, 0.25) is 0 Å². The largest absolute Gasteiger partial charge is 0.387 e. The molecular formula is C18H25N5O2. The highest BCUT2D eigenvalue weighted by Crippen LogP contribution is 2.17. The minimum atomic E-state index is -0.856. The number of anilines is 1. The molecule has 3 heterocycles. The smallest absolute Gasteiger partial charge is 0.163 e. The summed E-state index contributed by atoms with van der Waals surface area (Å²) < 4.78 is 5.35. The summed E-state index contributed by atoms with van der Waals surface area (Å²) in [6.45, 7) is 7.94. The van der Waals surface area contributed by atoms with Gasteiger partial charge in [-0.05, 0) is 26.0 Å². The molecule has 134 valence electrons. The van der Waals surface area contributed by atoms with E-state index >= 15 is 0 Å². The second kappa shape index (κ2) is 7.86. The minimum Gasteiger partial charge on any atom is -0.387 e. The van der Waals surface area contributed by atoms with Crippen molar-refractivity contribution < 1.29 is 9.84 Å². The molecule has 2 aromatic heterocycles. The summed E-state index contributed by atoms with van der Waals surface area (Å²) in [6.07, 6.45) is 3.47. The van der Waals surface area contributed by atoms with Crippen molar-refractivity contribution in [1.29, 1.82) is 0 Å². The van der Waals surface area contributed by atoms with Gasteiger partial charge in [0.1, 0.15) is 5.82 Å². The van der Waals surface area contributed by atoms with Crippen molar-refractivity contribution in [2.24, 2.45) is 0 Å². The Hall–Kier alpha value is -2.09. The highest BCUT2D eigenvalue weighted by molar-refractivity contribution is 5.56. The first-order valence-electron chi connectivity index (χ1n) is 8.54. The van der Waals surface area contributed by atoms with E-state index in [1.165, 1.54) is 0 Å². The summed E-state index contributed by atoms with van der Waals surface area (Å²) in [5.41, 5.74) is 0.878. The third-order valence-corrected chi connectivity index (χ3v) is 4.09. The van der Waals surface area contributed by atoms with Crippen molar-refractivity contribution in [3.05, 3.63) is 36.3 Å². The highest BCUT2D eigenvalue weighted by Gasteiger charge is 2.25. The number of hydrogen-bond donors (Lipinski definition) is 2. The van der Waals surface area contributed by atoms with E-state index in [-0.39, 0.29) is 0 Å². The lowest BCUT2D eigenvalue weighted by Gasteiger charge is -2.34. The van der Waals surface area contributed by atoms with E-state index in [1.54, 1.807) is 12.4 Å². The molecule has 3 rings (SSSR count). The quantitative estimate of drug-likeness (QED) is 0.819. The number of β-amino-alcohol motifs (C(OH)–C–C–N with tert-alkyl or cyclic N) is 1. The Morgan fingerprint density at radius 1 is 1.32 bits per heavy atom. The summed E-state index contributed by atoms with van der Waals surface area (Å²) in [7, 11) is 0. The first kappa shape index (κ1) is 17.7. The number of aryl methyl sites for hydroxylation is 1. The standard InChI is InChI=1S/C18H25N5O2/c1-14-10-16(22-17(21-14)15-4-3-5-19-11-15)20-12-18(2,24)13-23-6-8-25-9-7-23/h3-5,10-11,24H,6-9,12-13H2,1-2H3,(H,20,21,22). The normalized spacial score (nSPS) is 17.9. The fourth-order valence-corrected chi connectivity index (χ4v) is 2.86. The summed E-state index contributed by atoms with van der Waals surface area (Å²) in [5.74, 6) is 1.33. The Morgan fingerprint density at radius 2 is 2.12 bits per heavy atom. The predicted octanol–water partition coefficient (Wildman–Crippen LogP) is 1.34. The van der Waals surface area contributed by atoms with Gasteiger partial charge in [-0.2, -0.15) is 0 Å². The first-order chi connectivity index (χ1) is 12.0. The van der Waals surface area contributed by atoms with Crippen LogP contribution in [0.2, 0.25) is 0 Å². The number of pyridine rings is 1. The van der Waals surface area contributed by atoms with E-state index < -0.39 is 5.60 Å². The Kier molecular flexibility index (Phi) is 5.57. The van der Waals surface area contributed by atoms with Crippen molar-refractivity contribution in [2.45, 2.75) is 19.4 Å².